The fourth-order valence-corrected chi connectivity index (χ4v) is 2.18. The molecular formula is C10H14ClO2PS. The van der Waals surface area contributed by atoms with Crippen molar-refractivity contribution in [2.75, 3.05) is 0 Å². The molecule has 0 radical (unpaired) electrons. The second-order valence-corrected chi connectivity index (χ2v) is 8.29. The second kappa shape index (κ2) is 4.84. The normalized spacial score (nSPS) is 15.1. The Morgan fingerprint density at radius 1 is 1.47 bits per heavy atom. The van der Waals surface area contributed by atoms with Gasteiger partial charge in [-0.1, -0.05) is 26.0 Å². The molecule has 0 spiro atoms. The molecule has 0 amide bonds. The van der Waals surface area contributed by atoms with Crippen LogP contribution in [-0.2, 0) is 11.8 Å². The van der Waals surface area contributed by atoms with E-state index >= 15 is 0 Å². The molecule has 0 heterocycles. The third-order valence-electron chi connectivity index (χ3n) is 2.00. The summed E-state index contributed by atoms with van der Waals surface area (Å²) in [6.45, 7) is 6.05. The second-order valence-electron chi connectivity index (χ2n) is 3.74. The summed E-state index contributed by atoms with van der Waals surface area (Å²) in [7, 11) is 0. The van der Waals surface area contributed by atoms with E-state index in [1.165, 1.54) is 0 Å². The first-order chi connectivity index (χ1) is 6.79. The minimum absolute atomic E-state index is 0.304. The molecule has 0 aliphatic carbocycles. The number of halogens is 1. The molecule has 0 aliphatic heterocycles. The van der Waals surface area contributed by atoms with Crippen LogP contribution in [0.15, 0.2) is 18.2 Å². The Bertz CT molecular complexity index is 400. The molecule has 1 aromatic carbocycles. The van der Waals surface area contributed by atoms with E-state index in [1.54, 1.807) is 0 Å². The highest BCUT2D eigenvalue weighted by atomic mass is 35.7. The molecular weight excluding hydrogens is 251 g/mol. The van der Waals surface area contributed by atoms with Gasteiger partial charge in [0, 0.05) is 0 Å². The van der Waals surface area contributed by atoms with Crippen LogP contribution in [0.25, 0.3) is 0 Å². The van der Waals surface area contributed by atoms with Crippen LogP contribution in [0.3, 0.4) is 0 Å². The largest absolute Gasteiger partial charge is 0.433 e. The molecule has 0 aliphatic rings. The lowest BCUT2D eigenvalue weighted by molar-refractivity contribution is 0.496. The fourth-order valence-electron chi connectivity index (χ4n) is 1.32. The SMILES string of the molecule is Cc1ccc(C(C)C)c(OP(O)(=S)Cl)c1. The third kappa shape index (κ3) is 4.12. The van der Waals surface area contributed by atoms with Crippen molar-refractivity contribution >= 4 is 28.9 Å². The Labute approximate surface area is 100 Å². The molecule has 0 fully saturated rings. The van der Waals surface area contributed by atoms with Crippen LogP contribution >= 0.6 is 17.1 Å². The van der Waals surface area contributed by atoms with Crippen LogP contribution in [-0.4, -0.2) is 4.89 Å². The molecule has 1 N–H and O–H groups in total. The summed E-state index contributed by atoms with van der Waals surface area (Å²) >= 11 is 10.2. The van der Waals surface area contributed by atoms with E-state index in [4.69, 9.17) is 15.8 Å². The molecule has 1 rings (SSSR count). The minimum Gasteiger partial charge on any atom is -0.433 e. The van der Waals surface area contributed by atoms with Crippen LogP contribution in [0, 0.1) is 6.92 Å². The Hall–Kier alpha value is -0.0800. The van der Waals surface area contributed by atoms with Crippen molar-refractivity contribution in [1.82, 2.24) is 0 Å². The van der Waals surface area contributed by atoms with Gasteiger partial charge in [-0.15, -0.1) is 0 Å². The van der Waals surface area contributed by atoms with Gasteiger partial charge in [-0.05, 0) is 53.1 Å². The van der Waals surface area contributed by atoms with E-state index in [0.29, 0.717) is 11.7 Å². The monoisotopic (exact) mass is 264 g/mol. The van der Waals surface area contributed by atoms with Crippen molar-refractivity contribution in [2.24, 2.45) is 0 Å². The minimum atomic E-state index is -3.17. The zero-order valence-corrected chi connectivity index (χ0v) is 11.4. The predicted molar refractivity (Wildman–Crippen MR) is 68.3 cm³/mol. The summed E-state index contributed by atoms with van der Waals surface area (Å²) in [5.74, 6) is -2.28. The van der Waals surface area contributed by atoms with Crippen LogP contribution in [0.4, 0.5) is 0 Å². The fraction of sp³-hybridized carbons (Fsp3) is 0.400. The van der Waals surface area contributed by atoms with Gasteiger partial charge < -0.3 is 9.42 Å². The van der Waals surface area contributed by atoms with E-state index in [9.17, 15) is 4.89 Å². The number of benzene rings is 1. The first kappa shape index (κ1) is 13.0. The van der Waals surface area contributed by atoms with Gasteiger partial charge in [0.2, 0.25) is 0 Å². The van der Waals surface area contributed by atoms with Gasteiger partial charge in [0.25, 0.3) is 0 Å². The Morgan fingerprint density at radius 3 is 2.53 bits per heavy atom. The lowest BCUT2D eigenvalue weighted by Crippen LogP contribution is -1.95. The zero-order valence-electron chi connectivity index (χ0n) is 8.90. The highest BCUT2D eigenvalue weighted by Gasteiger charge is 2.15. The van der Waals surface area contributed by atoms with Crippen molar-refractivity contribution in [3.8, 4) is 5.75 Å². The van der Waals surface area contributed by atoms with Gasteiger partial charge in [-0.25, -0.2) is 0 Å². The summed E-state index contributed by atoms with van der Waals surface area (Å²) in [6.07, 6.45) is 0. The number of aryl methyl sites for hydroxylation is 1. The Balaban J connectivity index is 3.13. The molecule has 1 unspecified atom stereocenters. The molecule has 84 valence electrons. The zero-order chi connectivity index (χ0) is 11.6. The van der Waals surface area contributed by atoms with E-state index in [0.717, 1.165) is 11.1 Å². The van der Waals surface area contributed by atoms with Crippen molar-refractivity contribution in [1.29, 1.82) is 0 Å². The van der Waals surface area contributed by atoms with Crippen molar-refractivity contribution in [3.05, 3.63) is 29.3 Å². The van der Waals surface area contributed by atoms with Gasteiger partial charge in [0.05, 0.1) is 0 Å². The molecule has 0 aromatic heterocycles. The summed E-state index contributed by atoms with van der Waals surface area (Å²) < 4.78 is 5.22. The number of hydrogen-bond acceptors (Lipinski definition) is 2. The maximum Gasteiger partial charge on any atom is 0.330 e. The quantitative estimate of drug-likeness (QED) is 0.838. The molecule has 1 aromatic rings. The highest BCUT2D eigenvalue weighted by Crippen LogP contribution is 2.49. The third-order valence-corrected chi connectivity index (χ3v) is 2.85. The molecule has 5 heteroatoms. The van der Waals surface area contributed by atoms with Crippen LogP contribution in [0.2, 0.25) is 0 Å². The van der Waals surface area contributed by atoms with Crippen molar-refractivity contribution in [2.45, 2.75) is 26.7 Å². The van der Waals surface area contributed by atoms with Gasteiger partial charge in [-0.2, -0.15) is 0 Å². The van der Waals surface area contributed by atoms with E-state index in [2.05, 4.69) is 11.8 Å². The van der Waals surface area contributed by atoms with Gasteiger partial charge in [0.1, 0.15) is 5.75 Å². The number of rotatable bonds is 3. The lowest BCUT2D eigenvalue weighted by Gasteiger charge is -2.16. The Kier molecular flexibility index (Phi) is 4.19. The predicted octanol–water partition coefficient (Wildman–Crippen LogP) is 3.95. The van der Waals surface area contributed by atoms with Crippen LogP contribution < -0.4 is 4.52 Å². The van der Waals surface area contributed by atoms with E-state index < -0.39 is 5.84 Å². The van der Waals surface area contributed by atoms with Crippen molar-refractivity contribution < 1.29 is 9.42 Å². The summed E-state index contributed by atoms with van der Waals surface area (Å²) in [5, 5.41) is 0. The van der Waals surface area contributed by atoms with Gasteiger partial charge >= 0.3 is 5.84 Å². The maximum absolute atomic E-state index is 9.34. The van der Waals surface area contributed by atoms with Crippen LogP contribution in [0.5, 0.6) is 5.75 Å². The van der Waals surface area contributed by atoms with Crippen LogP contribution in [0.1, 0.15) is 30.9 Å². The average Bonchev–Trinajstić information content (AvgIpc) is 1.99. The van der Waals surface area contributed by atoms with Crippen molar-refractivity contribution in [3.63, 3.8) is 0 Å². The smallest absolute Gasteiger partial charge is 0.330 e. The van der Waals surface area contributed by atoms with Gasteiger partial charge in [0.15, 0.2) is 0 Å². The first-order valence-electron chi connectivity index (χ1n) is 4.62. The molecule has 0 saturated heterocycles. The first-order valence-corrected chi connectivity index (χ1v) is 8.20. The molecule has 1 atom stereocenters. The molecule has 0 bridgehead atoms. The summed E-state index contributed by atoms with van der Waals surface area (Å²) in [5.41, 5.74) is 2.05. The molecule has 15 heavy (non-hydrogen) atoms. The summed E-state index contributed by atoms with van der Waals surface area (Å²) in [4.78, 5) is 9.34. The van der Waals surface area contributed by atoms with Gasteiger partial charge in [-0.3, -0.25) is 0 Å². The van der Waals surface area contributed by atoms with E-state index in [-0.39, 0.29) is 0 Å². The molecule has 0 saturated carbocycles. The number of hydrogen-bond donors (Lipinski definition) is 1. The standard InChI is InChI=1S/C10H14ClO2PS/c1-7(2)9-5-4-8(3)6-10(9)13-14(11,12)15/h4-7H,1-3H3,(H,12,15). The highest BCUT2D eigenvalue weighted by molar-refractivity contribution is 8.22. The molecule has 2 nitrogen and oxygen atoms in total. The topological polar surface area (TPSA) is 29.5 Å². The Morgan fingerprint density at radius 2 is 2.07 bits per heavy atom. The lowest BCUT2D eigenvalue weighted by atomic mass is 10.0. The van der Waals surface area contributed by atoms with E-state index in [1.807, 2.05) is 39.0 Å². The average molecular weight is 265 g/mol. The maximum atomic E-state index is 9.34. The summed E-state index contributed by atoms with van der Waals surface area (Å²) in [6, 6.07) is 5.81.